The van der Waals surface area contributed by atoms with Gasteiger partial charge >= 0.3 is 5.97 Å². The van der Waals surface area contributed by atoms with Crippen molar-refractivity contribution in [3.05, 3.63) is 71.0 Å². The first-order chi connectivity index (χ1) is 10.6. The van der Waals surface area contributed by atoms with E-state index in [4.69, 9.17) is 4.74 Å². The van der Waals surface area contributed by atoms with E-state index in [9.17, 15) is 14.0 Å². The number of esters is 1. The predicted molar refractivity (Wildman–Crippen MR) is 81.2 cm³/mol. The fourth-order valence-electron chi connectivity index (χ4n) is 2.14. The van der Waals surface area contributed by atoms with Crippen LogP contribution in [0.3, 0.4) is 0 Å². The van der Waals surface area contributed by atoms with Gasteiger partial charge < -0.3 is 4.74 Å². The molecule has 0 aliphatic rings. The smallest absolute Gasteiger partial charge is 0.338 e. The highest BCUT2D eigenvalue weighted by molar-refractivity contribution is 5.90. The van der Waals surface area contributed by atoms with E-state index in [-0.39, 0.29) is 24.4 Å². The van der Waals surface area contributed by atoms with Gasteiger partial charge in [-0.1, -0.05) is 24.3 Å². The number of carbonyl (C=O) groups excluding carboxylic acids is 2. The Hall–Kier alpha value is -2.49. The minimum absolute atomic E-state index is 0.00705. The normalized spacial score (nSPS) is 10.3. The predicted octanol–water partition coefficient (Wildman–Crippen LogP) is 3.36. The summed E-state index contributed by atoms with van der Waals surface area (Å²) in [5.74, 6) is -0.707. The van der Waals surface area contributed by atoms with Gasteiger partial charge in [0.2, 0.25) is 0 Å². The van der Waals surface area contributed by atoms with E-state index >= 15 is 0 Å². The molecule has 0 unspecified atom stereocenters. The standard InChI is InChI=1S/C18H17FO3/c1-2-22-18(21)15-5-3-4-14(10-15)12-17(20)11-13-6-8-16(19)9-7-13/h3-10H,2,11-12H2,1H3. The van der Waals surface area contributed by atoms with Crippen molar-refractivity contribution in [1.82, 2.24) is 0 Å². The van der Waals surface area contributed by atoms with Crippen molar-refractivity contribution in [1.29, 1.82) is 0 Å². The summed E-state index contributed by atoms with van der Waals surface area (Å²) in [6, 6.07) is 12.7. The van der Waals surface area contributed by atoms with E-state index in [1.807, 2.05) is 0 Å². The Morgan fingerprint density at radius 1 is 1.00 bits per heavy atom. The SMILES string of the molecule is CCOC(=O)c1cccc(CC(=O)Cc2ccc(F)cc2)c1. The van der Waals surface area contributed by atoms with Crippen LogP contribution in [0.5, 0.6) is 0 Å². The molecule has 0 aliphatic heterocycles. The highest BCUT2D eigenvalue weighted by Crippen LogP contribution is 2.10. The van der Waals surface area contributed by atoms with Gasteiger partial charge in [0, 0.05) is 12.8 Å². The average Bonchev–Trinajstić information content (AvgIpc) is 2.50. The Morgan fingerprint density at radius 3 is 2.36 bits per heavy atom. The van der Waals surface area contributed by atoms with Crippen LogP contribution in [0.4, 0.5) is 4.39 Å². The van der Waals surface area contributed by atoms with E-state index in [0.29, 0.717) is 12.2 Å². The largest absolute Gasteiger partial charge is 0.462 e. The first-order valence-corrected chi connectivity index (χ1v) is 7.10. The Balaban J connectivity index is 2.00. The molecule has 0 amide bonds. The third kappa shape index (κ3) is 4.52. The summed E-state index contributed by atoms with van der Waals surface area (Å²) >= 11 is 0. The zero-order valence-electron chi connectivity index (χ0n) is 12.3. The molecule has 114 valence electrons. The maximum Gasteiger partial charge on any atom is 0.338 e. The minimum Gasteiger partial charge on any atom is -0.462 e. The lowest BCUT2D eigenvalue weighted by atomic mass is 10.0. The van der Waals surface area contributed by atoms with Gasteiger partial charge in [-0.05, 0) is 42.3 Å². The molecule has 22 heavy (non-hydrogen) atoms. The van der Waals surface area contributed by atoms with Crippen LogP contribution in [0.2, 0.25) is 0 Å². The molecule has 0 radical (unpaired) electrons. The second-order valence-corrected chi connectivity index (χ2v) is 4.94. The number of ketones is 1. The molecule has 0 heterocycles. The van der Waals surface area contributed by atoms with Crippen LogP contribution < -0.4 is 0 Å². The fraction of sp³-hybridized carbons (Fsp3) is 0.222. The molecule has 4 heteroatoms. The van der Waals surface area contributed by atoms with Crippen molar-refractivity contribution in [2.24, 2.45) is 0 Å². The third-order valence-corrected chi connectivity index (χ3v) is 3.15. The first kappa shape index (κ1) is 15.9. The molecule has 0 spiro atoms. The third-order valence-electron chi connectivity index (χ3n) is 3.15. The van der Waals surface area contributed by atoms with Crippen LogP contribution in [0, 0.1) is 5.82 Å². The van der Waals surface area contributed by atoms with Crippen molar-refractivity contribution < 1.29 is 18.7 Å². The van der Waals surface area contributed by atoms with Gasteiger partial charge in [-0.3, -0.25) is 4.79 Å². The molecular formula is C18H17FO3. The summed E-state index contributed by atoms with van der Waals surface area (Å²) in [4.78, 5) is 23.7. The molecule has 0 aromatic heterocycles. The van der Waals surface area contributed by atoms with Crippen molar-refractivity contribution in [3.8, 4) is 0 Å². The van der Waals surface area contributed by atoms with Crippen molar-refractivity contribution >= 4 is 11.8 Å². The van der Waals surface area contributed by atoms with Crippen LogP contribution in [0.15, 0.2) is 48.5 Å². The van der Waals surface area contributed by atoms with Gasteiger partial charge in [0.1, 0.15) is 11.6 Å². The molecular weight excluding hydrogens is 283 g/mol. The zero-order valence-corrected chi connectivity index (χ0v) is 12.3. The summed E-state index contributed by atoms with van der Waals surface area (Å²) in [6.07, 6.45) is 0.467. The molecule has 3 nitrogen and oxygen atoms in total. The summed E-state index contributed by atoms with van der Waals surface area (Å²) in [6.45, 7) is 2.06. The van der Waals surface area contributed by atoms with Crippen molar-refractivity contribution in [2.45, 2.75) is 19.8 Å². The van der Waals surface area contributed by atoms with E-state index in [1.165, 1.54) is 12.1 Å². The Kier molecular flexibility index (Phi) is 5.42. The van der Waals surface area contributed by atoms with Gasteiger partial charge in [-0.2, -0.15) is 0 Å². The molecule has 0 saturated carbocycles. The maximum absolute atomic E-state index is 12.8. The average molecular weight is 300 g/mol. The zero-order chi connectivity index (χ0) is 15.9. The summed E-state index contributed by atoms with van der Waals surface area (Å²) in [5, 5.41) is 0. The first-order valence-electron chi connectivity index (χ1n) is 7.10. The second kappa shape index (κ2) is 7.50. The van der Waals surface area contributed by atoms with E-state index < -0.39 is 5.97 Å². The van der Waals surface area contributed by atoms with Gasteiger partial charge in [0.05, 0.1) is 12.2 Å². The minimum atomic E-state index is -0.393. The van der Waals surface area contributed by atoms with Gasteiger partial charge in [0.15, 0.2) is 0 Å². The number of benzene rings is 2. The summed E-state index contributed by atoms with van der Waals surface area (Å²) < 4.78 is 17.8. The van der Waals surface area contributed by atoms with E-state index in [2.05, 4.69) is 0 Å². The van der Waals surface area contributed by atoms with Crippen LogP contribution in [0.1, 0.15) is 28.4 Å². The number of carbonyl (C=O) groups is 2. The number of hydrogen-bond acceptors (Lipinski definition) is 3. The van der Waals surface area contributed by atoms with Gasteiger partial charge in [-0.15, -0.1) is 0 Å². The van der Waals surface area contributed by atoms with E-state index in [1.54, 1.807) is 43.3 Å². The topological polar surface area (TPSA) is 43.4 Å². The Morgan fingerprint density at radius 2 is 1.68 bits per heavy atom. The molecule has 0 bridgehead atoms. The highest BCUT2D eigenvalue weighted by atomic mass is 19.1. The lowest BCUT2D eigenvalue weighted by Crippen LogP contribution is -2.09. The van der Waals surface area contributed by atoms with Gasteiger partial charge in [-0.25, -0.2) is 9.18 Å². The molecule has 0 saturated heterocycles. The second-order valence-electron chi connectivity index (χ2n) is 4.94. The molecule has 2 aromatic rings. The monoisotopic (exact) mass is 300 g/mol. The van der Waals surface area contributed by atoms with Crippen molar-refractivity contribution in [2.75, 3.05) is 6.61 Å². The lowest BCUT2D eigenvalue weighted by molar-refractivity contribution is -0.117. The van der Waals surface area contributed by atoms with Crippen LogP contribution >= 0.6 is 0 Å². The number of rotatable bonds is 6. The molecule has 0 atom stereocenters. The highest BCUT2D eigenvalue weighted by Gasteiger charge is 2.10. The lowest BCUT2D eigenvalue weighted by Gasteiger charge is -2.05. The van der Waals surface area contributed by atoms with Crippen LogP contribution in [0.25, 0.3) is 0 Å². The number of halogens is 1. The molecule has 0 aliphatic carbocycles. The fourth-order valence-corrected chi connectivity index (χ4v) is 2.14. The maximum atomic E-state index is 12.8. The van der Waals surface area contributed by atoms with Crippen LogP contribution in [-0.4, -0.2) is 18.4 Å². The van der Waals surface area contributed by atoms with Gasteiger partial charge in [0.25, 0.3) is 0 Å². The molecule has 2 aromatic carbocycles. The molecule has 2 rings (SSSR count). The molecule has 0 fully saturated rings. The summed E-state index contributed by atoms with van der Waals surface area (Å²) in [5.41, 5.74) is 1.97. The summed E-state index contributed by atoms with van der Waals surface area (Å²) in [7, 11) is 0. The molecule has 0 N–H and O–H groups in total. The Labute approximate surface area is 128 Å². The number of Topliss-reactive ketones (excluding diaryl/α,β-unsaturated/α-hetero) is 1. The quantitative estimate of drug-likeness (QED) is 0.768. The number of ether oxygens (including phenoxy) is 1. The Bertz CT molecular complexity index is 662. The van der Waals surface area contributed by atoms with E-state index in [0.717, 1.165) is 11.1 Å². The van der Waals surface area contributed by atoms with Crippen molar-refractivity contribution in [3.63, 3.8) is 0 Å². The number of hydrogen-bond donors (Lipinski definition) is 0. The van der Waals surface area contributed by atoms with Crippen LogP contribution in [-0.2, 0) is 22.4 Å².